The second-order valence-corrected chi connectivity index (χ2v) is 6.25. The minimum atomic E-state index is 0.127. The third-order valence-electron chi connectivity index (χ3n) is 3.75. The van der Waals surface area contributed by atoms with Gasteiger partial charge in [0.1, 0.15) is 6.07 Å². The standard InChI is InChI=1S/C17H16N2OS/c18-12-15-4-3-5-16(21-15)13-6-8-14(9-7-13)17(20)19-10-1-2-11-19/h4-9H,1-3,10-11H2. The number of benzene rings is 1. The van der Waals surface area contributed by atoms with Crippen molar-refractivity contribution < 1.29 is 4.79 Å². The summed E-state index contributed by atoms with van der Waals surface area (Å²) in [6.45, 7) is 1.75. The molecule has 4 heteroatoms. The summed E-state index contributed by atoms with van der Waals surface area (Å²) in [5.74, 6) is 0.127. The van der Waals surface area contributed by atoms with Gasteiger partial charge in [-0.25, -0.2) is 0 Å². The first-order chi connectivity index (χ1) is 10.3. The summed E-state index contributed by atoms with van der Waals surface area (Å²) in [6, 6.07) is 9.92. The molecule has 3 nitrogen and oxygen atoms in total. The van der Waals surface area contributed by atoms with Crippen molar-refractivity contribution in [3.05, 3.63) is 52.4 Å². The van der Waals surface area contributed by atoms with Crippen molar-refractivity contribution in [2.75, 3.05) is 13.1 Å². The number of carbonyl (C=O) groups excluding carboxylic acids is 1. The van der Waals surface area contributed by atoms with Crippen LogP contribution in [0.15, 0.2) is 41.3 Å². The van der Waals surface area contributed by atoms with Gasteiger partial charge < -0.3 is 4.90 Å². The van der Waals surface area contributed by atoms with Crippen molar-refractivity contribution in [1.82, 2.24) is 4.90 Å². The highest BCUT2D eigenvalue weighted by Gasteiger charge is 2.19. The summed E-state index contributed by atoms with van der Waals surface area (Å²) in [4.78, 5) is 16.0. The number of amides is 1. The summed E-state index contributed by atoms with van der Waals surface area (Å²) in [7, 11) is 0. The van der Waals surface area contributed by atoms with Gasteiger partial charge in [0, 0.05) is 23.6 Å². The maximum atomic E-state index is 12.3. The van der Waals surface area contributed by atoms with Crippen molar-refractivity contribution in [1.29, 1.82) is 5.26 Å². The quantitative estimate of drug-likeness (QED) is 0.833. The second-order valence-electron chi connectivity index (χ2n) is 5.16. The molecule has 1 amide bonds. The summed E-state index contributed by atoms with van der Waals surface area (Å²) < 4.78 is 0. The highest BCUT2D eigenvalue weighted by molar-refractivity contribution is 8.12. The molecule has 2 aliphatic rings. The molecular formula is C17H16N2OS. The number of likely N-dealkylation sites (tertiary alicyclic amines) is 1. The van der Waals surface area contributed by atoms with Gasteiger partial charge in [0.2, 0.25) is 0 Å². The molecule has 1 aromatic carbocycles. The zero-order valence-electron chi connectivity index (χ0n) is 11.7. The van der Waals surface area contributed by atoms with E-state index in [2.05, 4.69) is 12.1 Å². The van der Waals surface area contributed by atoms with E-state index >= 15 is 0 Å². The van der Waals surface area contributed by atoms with Gasteiger partial charge in [-0.15, -0.1) is 0 Å². The fourth-order valence-electron chi connectivity index (χ4n) is 2.60. The maximum absolute atomic E-state index is 12.3. The van der Waals surface area contributed by atoms with E-state index in [4.69, 9.17) is 5.26 Å². The number of thioether (sulfide) groups is 1. The zero-order valence-corrected chi connectivity index (χ0v) is 12.5. The Hall–Kier alpha value is -1.99. The number of hydrogen-bond acceptors (Lipinski definition) is 3. The first kappa shape index (κ1) is 14.0. The number of carbonyl (C=O) groups is 1. The molecular weight excluding hydrogens is 280 g/mol. The third-order valence-corrected chi connectivity index (χ3v) is 4.85. The minimum absolute atomic E-state index is 0.127. The van der Waals surface area contributed by atoms with Gasteiger partial charge in [-0.3, -0.25) is 4.79 Å². The molecule has 0 aliphatic carbocycles. The molecule has 106 valence electrons. The van der Waals surface area contributed by atoms with E-state index in [0.29, 0.717) is 0 Å². The lowest BCUT2D eigenvalue weighted by Gasteiger charge is -2.16. The van der Waals surface area contributed by atoms with Crippen LogP contribution in [0.4, 0.5) is 0 Å². The number of nitrogens with zero attached hydrogens (tertiary/aromatic N) is 2. The van der Waals surface area contributed by atoms with Crippen LogP contribution in [-0.4, -0.2) is 23.9 Å². The normalized spacial score (nSPS) is 18.0. The lowest BCUT2D eigenvalue weighted by Crippen LogP contribution is -2.27. The maximum Gasteiger partial charge on any atom is 0.253 e. The lowest BCUT2D eigenvalue weighted by molar-refractivity contribution is 0.0793. The number of allylic oxidation sites excluding steroid dienone is 3. The molecule has 21 heavy (non-hydrogen) atoms. The molecule has 0 atom stereocenters. The van der Waals surface area contributed by atoms with Crippen molar-refractivity contribution in [3.8, 4) is 6.07 Å². The minimum Gasteiger partial charge on any atom is -0.339 e. The summed E-state index contributed by atoms with van der Waals surface area (Å²) in [6.07, 6.45) is 7.05. The average Bonchev–Trinajstić information content (AvgIpc) is 3.09. The monoisotopic (exact) mass is 296 g/mol. The van der Waals surface area contributed by atoms with Gasteiger partial charge in [-0.1, -0.05) is 36.0 Å². The van der Waals surface area contributed by atoms with Gasteiger partial charge in [0.25, 0.3) is 5.91 Å². The Morgan fingerprint density at radius 1 is 1.14 bits per heavy atom. The van der Waals surface area contributed by atoms with Gasteiger partial charge in [0.05, 0.1) is 4.91 Å². The van der Waals surface area contributed by atoms with E-state index in [1.807, 2.05) is 35.2 Å². The highest BCUT2D eigenvalue weighted by atomic mass is 32.2. The van der Waals surface area contributed by atoms with E-state index in [1.54, 1.807) is 0 Å². The Morgan fingerprint density at radius 2 is 1.86 bits per heavy atom. The zero-order chi connectivity index (χ0) is 14.7. The smallest absolute Gasteiger partial charge is 0.253 e. The molecule has 2 heterocycles. The van der Waals surface area contributed by atoms with Crippen LogP contribution in [0.1, 0.15) is 35.2 Å². The van der Waals surface area contributed by atoms with Crippen molar-refractivity contribution in [2.24, 2.45) is 0 Å². The van der Waals surface area contributed by atoms with Crippen LogP contribution in [0, 0.1) is 11.3 Å². The Balaban J connectivity index is 1.74. The van der Waals surface area contributed by atoms with Gasteiger partial charge in [0.15, 0.2) is 0 Å². The van der Waals surface area contributed by atoms with Gasteiger partial charge >= 0.3 is 0 Å². The predicted octanol–water partition coefficient (Wildman–Crippen LogP) is 3.81. The summed E-state index contributed by atoms with van der Waals surface area (Å²) >= 11 is 1.49. The third kappa shape index (κ3) is 3.03. The molecule has 0 N–H and O–H groups in total. The predicted molar refractivity (Wildman–Crippen MR) is 85.5 cm³/mol. The first-order valence-corrected chi connectivity index (χ1v) is 7.97. The van der Waals surface area contributed by atoms with Gasteiger partial charge in [-0.05, 0) is 37.0 Å². The van der Waals surface area contributed by atoms with Gasteiger partial charge in [-0.2, -0.15) is 5.26 Å². The average molecular weight is 296 g/mol. The van der Waals surface area contributed by atoms with Crippen molar-refractivity contribution >= 4 is 22.6 Å². The Kier molecular flexibility index (Phi) is 4.12. The second kappa shape index (κ2) is 6.19. The summed E-state index contributed by atoms with van der Waals surface area (Å²) in [5.41, 5.74) is 1.82. The van der Waals surface area contributed by atoms with E-state index in [9.17, 15) is 4.79 Å². The molecule has 2 aliphatic heterocycles. The van der Waals surface area contributed by atoms with Crippen molar-refractivity contribution in [2.45, 2.75) is 19.3 Å². The largest absolute Gasteiger partial charge is 0.339 e. The van der Waals surface area contributed by atoms with Crippen LogP contribution in [-0.2, 0) is 0 Å². The molecule has 0 spiro atoms. The van der Waals surface area contributed by atoms with Crippen LogP contribution >= 0.6 is 11.8 Å². The van der Waals surface area contributed by atoms with Crippen LogP contribution in [0.5, 0.6) is 0 Å². The van der Waals surface area contributed by atoms with Crippen LogP contribution in [0.25, 0.3) is 4.91 Å². The van der Waals surface area contributed by atoms with E-state index in [-0.39, 0.29) is 5.91 Å². The van der Waals surface area contributed by atoms with Crippen molar-refractivity contribution in [3.63, 3.8) is 0 Å². The Bertz CT molecular complexity index is 646. The molecule has 0 aromatic heterocycles. The fraction of sp³-hybridized carbons (Fsp3) is 0.294. The van der Waals surface area contributed by atoms with Crippen LogP contribution < -0.4 is 0 Å². The molecule has 0 radical (unpaired) electrons. The number of rotatable bonds is 2. The molecule has 1 saturated heterocycles. The molecule has 1 fully saturated rings. The Morgan fingerprint density at radius 3 is 2.52 bits per heavy atom. The van der Waals surface area contributed by atoms with Crippen LogP contribution in [0.3, 0.4) is 0 Å². The number of hydrogen-bond donors (Lipinski definition) is 0. The highest BCUT2D eigenvalue weighted by Crippen LogP contribution is 2.37. The molecule has 3 rings (SSSR count). The van der Waals surface area contributed by atoms with Crippen LogP contribution in [0.2, 0.25) is 0 Å². The molecule has 0 bridgehead atoms. The summed E-state index contributed by atoms with van der Waals surface area (Å²) in [5, 5.41) is 8.98. The number of nitriles is 1. The van der Waals surface area contributed by atoms with E-state index in [0.717, 1.165) is 53.3 Å². The lowest BCUT2D eigenvalue weighted by atomic mass is 10.1. The first-order valence-electron chi connectivity index (χ1n) is 7.16. The molecule has 1 aromatic rings. The van der Waals surface area contributed by atoms with E-state index in [1.165, 1.54) is 11.8 Å². The topological polar surface area (TPSA) is 44.1 Å². The Labute approximate surface area is 128 Å². The molecule has 0 saturated carbocycles. The SMILES string of the molecule is N#CC1=CCC=C(c2ccc(C(=O)N3CCCC3)cc2)S1. The van der Waals surface area contributed by atoms with E-state index < -0.39 is 0 Å². The molecule has 0 unspecified atom stereocenters. The fourth-order valence-corrected chi connectivity index (χ4v) is 3.50.